The fourth-order valence-electron chi connectivity index (χ4n) is 2.28. The number of rotatable bonds is 7. The summed E-state index contributed by atoms with van der Waals surface area (Å²) in [4.78, 5) is 11.9. The number of nitrogens with zero attached hydrogens (tertiary/aromatic N) is 1. The molecule has 0 heterocycles. The van der Waals surface area contributed by atoms with E-state index >= 15 is 0 Å². The Hall–Kier alpha value is -2.34. The minimum atomic E-state index is -0.330. The lowest BCUT2D eigenvalue weighted by atomic mass is 10.1. The van der Waals surface area contributed by atoms with Crippen LogP contribution in [0.15, 0.2) is 46.0 Å². The topological polar surface area (TPSA) is 59.9 Å². The lowest BCUT2D eigenvalue weighted by Gasteiger charge is -2.08. The van der Waals surface area contributed by atoms with Crippen LogP contribution in [-0.4, -0.2) is 25.3 Å². The van der Waals surface area contributed by atoms with Crippen LogP contribution in [0, 0.1) is 13.8 Å². The lowest BCUT2D eigenvalue weighted by molar-refractivity contribution is -0.123. The van der Waals surface area contributed by atoms with E-state index in [1.54, 1.807) is 6.21 Å². The fraction of sp³-hybridized carbons (Fsp3) is 0.263. The molecule has 5 nitrogen and oxygen atoms in total. The summed E-state index contributed by atoms with van der Waals surface area (Å²) in [6, 6.07) is 11.4. The molecule has 0 saturated heterocycles. The van der Waals surface area contributed by atoms with Gasteiger partial charge in [-0.25, -0.2) is 5.43 Å². The molecule has 2 aromatic rings. The lowest BCUT2D eigenvalue weighted by Crippen LogP contribution is -2.24. The van der Waals surface area contributed by atoms with Gasteiger partial charge in [0, 0.05) is 10.0 Å². The van der Waals surface area contributed by atoms with Crippen LogP contribution in [0.1, 0.15) is 23.6 Å². The third-order valence-corrected chi connectivity index (χ3v) is 3.72. The molecule has 0 fully saturated rings. The zero-order chi connectivity index (χ0) is 18.2. The van der Waals surface area contributed by atoms with Gasteiger partial charge in [-0.05, 0) is 62.2 Å². The number of hydrogen-bond donors (Lipinski definition) is 1. The van der Waals surface area contributed by atoms with Crippen molar-refractivity contribution in [2.24, 2.45) is 5.10 Å². The summed E-state index contributed by atoms with van der Waals surface area (Å²) in [6.07, 6.45) is 1.55. The van der Waals surface area contributed by atoms with Crippen LogP contribution in [0.25, 0.3) is 0 Å². The monoisotopic (exact) mass is 404 g/mol. The highest BCUT2D eigenvalue weighted by molar-refractivity contribution is 9.10. The standard InChI is InChI=1S/C19H21BrN2O3/c1-4-24-18-6-5-16(20)10-15(18)11-21-22-19(23)12-25-17-8-13(2)7-14(3)9-17/h5-11H,4,12H2,1-3H3,(H,22,23)/b21-11-. The third-order valence-electron chi connectivity index (χ3n) is 3.23. The second-order valence-corrected chi connectivity index (χ2v) is 6.44. The van der Waals surface area contributed by atoms with Crippen molar-refractivity contribution >= 4 is 28.1 Å². The van der Waals surface area contributed by atoms with Crippen molar-refractivity contribution < 1.29 is 14.3 Å². The van der Waals surface area contributed by atoms with E-state index in [1.165, 1.54) is 0 Å². The Morgan fingerprint density at radius 1 is 1.16 bits per heavy atom. The molecule has 0 atom stereocenters. The second kappa shape index (κ2) is 9.22. The van der Waals surface area contributed by atoms with Gasteiger partial charge in [0.2, 0.25) is 0 Å². The van der Waals surface area contributed by atoms with E-state index in [-0.39, 0.29) is 12.5 Å². The number of ether oxygens (including phenoxy) is 2. The first kappa shape index (κ1) is 19.0. The molecule has 0 bridgehead atoms. The van der Waals surface area contributed by atoms with Crippen LogP contribution in [0.3, 0.4) is 0 Å². The van der Waals surface area contributed by atoms with E-state index in [0.717, 1.165) is 21.2 Å². The smallest absolute Gasteiger partial charge is 0.277 e. The Morgan fingerprint density at radius 3 is 2.56 bits per heavy atom. The number of carbonyl (C=O) groups excluding carboxylic acids is 1. The maximum atomic E-state index is 11.9. The van der Waals surface area contributed by atoms with Crippen LogP contribution >= 0.6 is 15.9 Å². The number of amides is 1. The van der Waals surface area contributed by atoms with Crippen LogP contribution in [0.5, 0.6) is 11.5 Å². The predicted octanol–water partition coefficient (Wildman–Crippen LogP) is 3.99. The van der Waals surface area contributed by atoms with Gasteiger partial charge in [-0.1, -0.05) is 22.0 Å². The average Bonchev–Trinajstić information content (AvgIpc) is 2.54. The molecule has 0 radical (unpaired) electrons. The van der Waals surface area contributed by atoms with E-state index < -0.39 is 0 Å². The van der Waals surface area contributed by atoms with Gasteiger partial charge in [-0.3, -0.25) is 4.79 Å². The van der Waals surface area contributed by atoms with Gasteiger partial charge in [0.25, 0.3) is 5.91 Å². The van der Waals surface area contributed by atoms with Crippen molar-refractivity contribution in [1.82, 2.24) is 5.43 Å². The van der Waals surface area contributed by atoms with Gasteiger partial charge in [-0.2, -0.15) is 5.10 Å². The Balaban J connectivity index is 1.91. The summed E-state index contributed by atoms with van der Waals surface area (Å²) in [5, 5.41) is 3.97. The zero-order valence-corrected chi connectivity index (χ0v) is 16.1. The molecule has 132 valence electrons. The Morgan fingerprint density at radius 2 is 1.88 bits per heavy atom. The summed E-state index contributed by atoms with van der Waals surface area (Å²) in [5.41, 5.74) is 5.40. The SMILES string of the molecule is CCOc1ccc(Br)cc1/C=N\NC(=O)COc1cc(C)cc(C)c1. The van der Waals surface area contributed by atoms with E-state index in [4.69, 9.17) is 9.47 Å². The largest absolute Gasteiger partial charge is 0.493 e. The zero-order valence-electron chi connectivity index (χ0n) is 14.5. The van der Waals surface area contributed by atoms with Gasteiger partial charge in [-0.15, -0.1) is 0 Å². The van der Waals surface area contributed by atoms with Gasteiger partial charge < -0.3 is 9.47 Å². The number of carbonyl (C=O) groups is 1. The highest BCUT2D eigenvalue weighted by atomic mass is 79.9. The second-order valence-electron chi connectivity index (χ2n) is 5.52. The van der Waals surface area contributed by atoms with Crippen molar-refractivity contribution in [3.63, 3.8) is 0 Å². The summed E-state index contributed by atoms with van der Waals surface area (Å²) in [5.74, 6) is 1.04. The molecular weight excluding hydrogens is 384 g/mol. The first-order valence-electron chi connectivity index (χ1n) is 7.93. The van der Waals surface area contributed by atoms with Crippen molar-refractivity contribution in [2.45, 2.75) is 20.8 Å². The molecular formula is C19H21BrN2O3. The molecule has 6 heteroatoms. The molecule has 0 spiro atoms. The summed E-state index contributed by atoms with van der Waals surface area (Å²) < 4.78 is 11.9. The minimum Gasteiger partial charge on any atom is -0.493 e. The molecule has 0 unspecified atom stereocenters. The van der Waals surface area contributed by atoms with E-state index in [2.05, 4.69) is 26.5 Å². The first-order chi connectivity index (χ1) is 12.0. The molecule has 2 rings (SSSR count). The average molecular weight is 405 g/mol. The number of nitrogens with one attached hydrogen (secondary N) is 1. The maximum Gasteiger partial charge on any atom is 0.277 e. The summed E-state index contributed by atoms with van der Waals surface area (Å²) >= 11 is 3.41. The molecule has 0 aliphatic heterocycles. The summed E-state index contributed by atoms with van der Waals surface area (Å²) in [6.45, 7) is 6.33. The number of hydrogen-bond acceptors (Lipinski definition) is 4. The third kappa shape index (κ3) is 6.23. The first-order valence-corrected chi connectivity index (χ1v) is 8.72. The minimum absolute atomic E-state index is 0.100. The van der Waals surface area contributed by atoms with Crippen molar-refractivity contribution in [3.8, 4) is 11.5 Å². The molecule has 0 saturated carbocycles. The molecule has 2 aromatic carbocycles. The molecule has 1 amide bonds. The van der Waals surface area contributed by atoms with E-state index in [9.17, 15) is 4.79 Å². The number of benzene rings is 2. The van der Waals surface area contributed by atoms with Crippen molar-refractivity contribution in [3.05, 3.63) is 57.6 Å². The van der Waals surface area contributed by atoms with Crippen LogP contribution in [0.2, 0.25) is 0 Å². The Labute approximate surface area is 156 Å². The molecule has 25 heavy (non-hydrogen) atoms. The van der Waals surface area contributed by atoms with Crippen LogP contribution in [0.4, 0.5) is 0 Å². The van der Waals surface area contributed by atoms with Crippen LogP contribution in [-0.2, 0) is 4.79 Å². The van der Waals surface area contributed by atoms with Gasteiger partial charge in [0.05, 0.1) is 12.8 Å². The normalized spacial score (nSPS) is 10.7. The highest BCUT2D eigenvalue weighted by Crippen LogP contribution is 2.21. The highest BCUT2D eigenvalue weighted by Gasteiger charge is 2.04. The predicted molar refractivity (Wildman–Crippen MR) is 102 cm³/mol. The van der Waals surface area contributed by atoms with E-state index in [0.29, 0.717) is 18.1 Å². The Bertz CT molecular complexity index is 755. The molecule has 0 aliphatic rings. The molecule has 1 N–H and O–H groups in total. The van der Waals surface area contributed by atoms with Crippen molar-refractivity contribution in [2.75, 3.05) is 13.2 Å². The summed E-state index contributed by atoms with van der Waals surface area (Å²) in [7, 11) is 0. The van der Waals surface area contributed by atoms with Crippen LogP contribution < -0.4 is 14.9 Å². The maximum absolute atomic E-state index is 11.9. The number of aryl methyl sites for hydroxylation is 2. The molecule has 0 aromatic heterocycles. The molecule has 0 aliphatic carbocycles. The van der Waals surface area contributed by atoms with E-state index in [1.807, 2.05) is 57.2 Å². The van der Waals surface area contributed by atoms with Crippen molar-refractivity contribution in [1.29, 1.82) is 0 Å². The Kier molecular flexibility index (Phi) is 7.01. The van der Waals surface area contributed by atoms with Gasteiger partial charge >= 0.3 is 0 Å². The number of halogens is 1. The fourth-order valence-corrected chi connectivity index (χ4v) is 2.66. The van der Waals surface area contributed by atoms with Gasteiger partial charge in [0.15, 0.2) is 6.61 Å². The van der Waals surface area contributed by atoms with Gasteiger partial charge in [0.1, 0.15) is 11.5 Å². The number of hydrazone groups is 1. The quantitative estimate of drug-likeness (QED) is 0.560.